The van der Waals surface area contributed by atoms with Crippen LogP contribution in [0.15, 0.2) is 41.4 Å². The molecule has 0 radical (unpaired) electrons. The van der Waals surface area contributed by atoms with E-state index in [0.29, 0.717) is 22.9 Å². The standard InChI is InChI=1S/C22H26ClF2N3/c1-5-6-7-17(20(25)12-27-14(4)26)15-8-18-21(13(2)3)16(10-23)11-28-22(18)19(24)9-15/h7-9,11-13H,5-6,10H2,1-4H3,(H2,26,27)/b17-7+,20-12+. The second kappa shape index (κ2) is 9.78. The zero-order valence-corrected chi connectivity index (χ0v) is 17.4. The van der Waals surface area contributed by atoms with Crippen LogP contribution in [0, 0.1) is 5.82 Å². The lowest BCUT2D eigenvalue weighted by atomic mass is 9.92. The van der Waals surface area contributed by atoms with Crippen molar-refractivity contribution in [3.8, 4) is 0 Å². The van der Waals surface area contributed by atoms with Crippen molar-refractivity contribution >= 4 is 33.9 Å². The normalized spacial score (nSPS) is 13.6. The molecule has 1 aromatic heterocycles. The highest BCUT2D eigenvalue weighted by Crippen LogP contribution is 2.34. The average molecular weight is 406 g/mol. The van der Waals surface area contributed by atoms with E-state index in [9.17, 15) is 8.78 Å². The fraction of sp³-hybridized carbons (Fsp3) is 0.364. The number of benzene rings is 1. The summed E-state index contributed by atoms with van der Waals surface area (Å²) in [6, 6.07) is 3.10. The lowest BCUT2D eigenvalue weighted by Crippen LogP contribution is -2.03. The highest BCUT2D eigenvalue weighted by molar-refractivity contribution is 6.17. The molecule has 1 aromatic carbocycles. The molecule has 0 aliphatic rings. The molecule has 150 valence electrons. The van der Waals surface area contributed by atoms with E-state index in [-0.39, 0.29) is 23.2 Å². The van der Waals surface area contributed by atoms with E-state index in [2.05, 4.69) is 9.98 Å². The number of halogens is 3. The minimum atomic E-state index is -0.565. The van der Waals surface area contributed by atoms with Crippen LogP contribution < -0.4 is 5.73 Å². The summed E-state index contributed by atoms with van der Waals surface area (Å²) in [6.07, 6.45) is 5.91. The van der Waals surface area contributed by atoms with Gasteiger partial charge in [-0.2, -0.15) is 0 Å². The quantitative estimate of drug-likeness (QED) is 0.244. The van der Waals surface area contributed by atoms with Crippen LogP contribution in [0.25, 0.3) is 16.5 Å². The van der Waals surface area contributed by atoms with Crippen molar-refractivity contribution in [1.29, 1.82) is 0 Å². The predicted molar refractivity (Wildman–Crippen MR) is 115 cm³/mol. The van der Waals surface area contributed by atoms with Crippen LogP contribution >= 0.6 is 11.6 Å². The van der Waals surface area contributed by atoms with Gasteiger partial charge in [0, 0.05) is 23.0 Å². The first-order valence-corrected chi connectivity index (χ1v) is 9.87. The fourth-order valence-electron chi connectivity index (χ4n) is 3.13. The summed E-state index contributed by atoms with van der Waals surface area (Å²) < 4.78 is 29.7. The van der Waals surface area contributed by atoms with Crippen LogP contribution in [-0.2, 0) is 5.88 Å². The second-order valence-corrected chi connectivity index (χ2v) is 7.26. The van der Waals surface area contributed by atoms with Crippen molar-refractivity contribution in [3.05, 3.63) is 58.9 Å². The van der Waals surface area contributed by atoms with E-state index in [1.165, 1.54) is 6.07 Å². The van der Waals surface area contributed by atoms with Crippen LogP contribution in [0.1, 0.15) is 63.1 Å². The van der Waals surface area contributed by atoms with E-state index in [4.69, 9.17) is 17.3 Å². The largest absolute Gasteiger partial charge is 0.387 e. The summed E-state index contributed by atoms with van der Waals surface area (Å²) in [5, 5.41) is 0.650. The summed E-state index contributed by atoms with van der Waals surface area (Å²) in [5.41, 5.74) is 8.26. The van der Waals surface area contributed by atoms with E-state index >= 15 is 0 Å². The number of unbranched alkanes of at least 4 members (excludes halogenated alkanes) is 1. The molecule has 0 atom stereocenters. The first-order chi connectivity index (χ1) is 13.3. The number of pyridine rings is 1. The van der Waals surface area contributed by atoms with E-state index in [1.54, 1.807) is 25.3 Å². The molecule has 0 aliphatic carbocycles. The van der Waals surface area contributed by atoms with Gasteiger partial charge in [-0.1, -0.05) is 33.3 Å². The number of aliphatic imine (C=N–C) groups is 1. The SMILES string of the molecule is CCC/C=C(/C(F)=C\N=C(C)N)c1cc(F)c2ncc(CCl)c(C(C)C)c2c1. The van der Waals surface area contributed by atoms with Crippen LogP contribution in [-0.4, -0.2) is 10.8 Å². The molecule has 0 bridgehead atoms. The van der Waals surface area contributed by atoms with Gasteiger partial charge in [0.05, 0.1) is 12.0 Å². The van der Waals surface area contributed by atoms with Gasteiger partial charge in [-0.05, 0) is 48.1 Å². The first kappa shape index (κ1) is 22.0. The fourth-order valence-corrected chi connectivity index (χ4v) is 3.35. The number of aromatic nitrogens is 1. The molecule has 1 heterocycles. The van der Waals surface area contributed by atoms with Gasteiger partial charge in [-0.25, -0.2) is 13.8 Å². The molecule has 0 saturated heterocycles. The molecule has 3 nitrogen and oxygen atoms in total. The van der Waals surface area contributed by atoms with Crippen molar-refractivity contribution in [2.24, 2.45) is 10.7 Å². The van der Waals surface area contributed by atoms with E-state index < -0.39 is 11.6 Å². The number of nitrogens with zero attached hydrogens (tertiary/aromatic N) is 2. The molecule has 0 amide bonds. The molecule has 0 unspecified atom stereocenters. The maximum atomic E-state index is 14.9. The molecule has 28 heavy (non-hydrogen) atoms. The maximum Gasteiger partial charge on any atom is 0.150 e. The van der Waals surface area contributed by atoms with Crippen molar-refractivity contribution in [2.75, 3.05) is 0 Å². The van der Waals surface area contributed by atoms with E-state index in [0.717, 1.165) is 23.7 Å². The summed E-state index contributed by atoms with van der Waals surface area (Å²) in [5.74, 6) is -0.428. The van der Waals surface area contributed by atoms with Crippen molar-refractivity contribution in [3.63, 3.8) is 0 Å². The molecular formula is C22H26ClF2N3. The number of allylic oxidation sites excluding steroid dienone is 3. The maximum absolute atomic E-state index is 14.9. The molecule has 6 heteroatoms. The Labute approximate surface area is 170 Å². The summed E-state index contributed by atoms with van der Waals surface area (Å²) in [6.45, 7) is 7.60. The van der Waals surface area contributed by atoms with Gasteiger partial charge >= 0.3 is 0 Å². The number of hydrogen-bond acceptors (Lipinski definition) is 2. The molecule has 0 fully saturated rings. The molecule has 2 aromatic rings. The highest BCUT2D eigenvalue weighted by Gasteiger charge is 2.18. The Bertz CT molecular complexity index is 942. The average Bonchev–Trinajstić information content (AvgIpc) is 2.65. The topological polar surface area (TPSA) is 51.3 Å². The van der Waals surface area contributed by atoms with Crippen molar-refractivity contribution in [1.82, 2.24) is 4.98 Å². The highest BCUT2D eigenvalue weighted by atomic mass is 35.5. The smallest absolute Gasteiger partial charge is 0.150 e. The first-order valence-electron chi connectivity index (χ1n) is 9.33. The third-order valence-corrected chi connectivity index (χ3v) is 4.65. The molecule has 2 N–H and O–H groups in total. The summed E-state index contributed by atoms with van der Waals surface area (Å²) in [7, 11) is 0. The Morgan fingerprint density at radius 3 is 2.64 bits per heavy atom. The zero-order chi connectivity index (χ0) is 20.8. The third kappa shape index (κ3) is 4.96. The van der Waals surface area contributed by atoms with Gasteiger partial charge in [-0.15, -0.1) is 11.6 Å². The van der Waals surface area contributed by atoms with Crippen LogP contribution in [0.2, 0.25) is 0 Å². The second-order valence-electron chi connectivity index (χ2n) is 6.99. The third-order valence-electron chi connectivity index (χ3n) is 4.36. The van der Waals surface area contributed by atoms with Gasteiger partial charge in [0.25, 0.3) is 0 Å². The molecule has 0 aliphatic heterocycles. The van der Waals surface area contributed by atoms with Crippen LogP contribution in [0.4, 0.5) is 8.78 Å². The zero-order valence-electron chi connectivity index (χ0n) is 16.7. The minimum absolute atomic E-state index is 0.113. The molecule has 0 saturated carbocycles. The summed E-state index contributed by atoms with van der Waals surface area (Å²) >= 11 is 6.07. The monoisotopic (exact) mass is 405 g/mol. The Morgan fingerprint density at radius 2 is 2.07 bits per heavy atom. The van der Waals surface area contributed by atoms with Crippen molar-refractivity contribution in [2.45, 2.75) is 52.3 Å². The lowest BCUT2D eigenvalue weighted by Gasteiger charge is -2.16. The van der Waals surface area contributed by atoms with Crippen LogP contribution in [0.5, 0.6) is 0 Å². The Hall–Kier alpha value is -2.27. The number of rotatable bonds is 7. The lowest BCUT2D eigenvalue weighted by molar-refractivity contribution is 0.635. The molecule has 2 rings (SSSR count). The number of alkyl halides is 1. The number of nitrogens with two attached hydrogens (primary N) is 1. The summed E-state index contributed by atoms with van der Waals surface area (Å²) in [4.78, 5) is 8.07. The van der Waals surface area contributed by atoms with Gasteiger partial charge < -0.3 is 5.73 Å². The van der Waals surface area contributed by atoms with Gasteiger partial charge in [0.2, 0.25) is 0 Å². The number of hydrogen-bond donors (Lipinski definition) is 1. The predicted octanol–water partition coefficient (Wildman–Crippen LogP) is 6.61. The van der Waals surface area contributed by atoms with Gasteiger partial charge in [0.15, 0.2) is 0 Å². The number of amidine groups is 1. The van der Waals surface area contributed by atoms with Gasteiger partial charge in [-0.3, -0.25) is 4.98 Å². The molecule has 0 spiro atoms. The minimum Gasteiger partial charge on any atom is -0.387 e. The van der Waals surface area contributed by atoms with Crippen molar-refractivity contribution < 1.29 is 8.78 Å². The Kier molecular flexibility index (Phi) is 7.69. The molecular weight excluding hydrogens is 380 g/mol. The van der Waals surface area contributed by atoms with Gasteiger partial charge in [0.1, 0.15) is 17.2 Å². The Morgan fingerprint density at radius 1 is 1.36 bits per heavy atom. The van der Waals surface area contributed by atoms with Crippen LogP contribution in [0.3, 0.4) is 0 Å². The number of fused-ring (bicyclic) bond motifs is 1. The Balaban J connectivity index is 2.77. The van der Waals surface area contributed by atoms with E-state index in [1.807, 2.05) is 20.8 Å².